The summed E-state index contributed by atoms with van der Waals surface area (Å²) in [4.78, 5) is 13.8. The van der Waals surface area contributed by atoms with Crippen LogP contribution in [0.2, 0.25) is 0 Å². The minimum absolute atomic E-state index is 0.108. The van der Waals surface area contributed by atoms with Gasteiger partial charge < -0.3 is 4.57 Å². The molecule has 0 amide bonds. The van der Waals surface area contributed by atoms with Crippen molar-refractivity contribution in [2.75, 3.05) is 0 Å². The molecule has 0 fully saturated rings. The average Bonchev–Trinajstić information content (AvgIpc) is 4.01. The van der Waals surface area contributed by atoms with Crippen LogP contribution in [0.4, 0.5) is 0 Å². The first-order valence-electron chi connectivity index (χ1n) is 22.9. The Hall–Kier alpha value is -7.34. The zero-order chi connectivity index (χ0) is 43.8. The Morgan fingerprint density at radius 2 is 1.48 bits per heavy atom. The summed E-state index contributed by atoms with van der Waals surface area (Å²) in [5, 5.41) is 7.24. The van der Waals surface area contributed by atoms with Gasteiger partial charge in [-0.2, -0.15) is 0 Å². The van der Waals surface area contributed by atoms with Gasteiger partial charge in [0.2, 0.25) is 5.95 Å². The molecule has 4 nitrogen and oxygen atoms in total. The minimum atomic E-state index is 0.108. The lowest BCUT2D eigenvalue weighted by atomic mass is 9.91. The van der Waals surface area contributed by atoms with E-state index in [9.17, 15) is 0 Å². The summed E-state index contributed by atoms with van der Waals surface area (Å²) in [6.45, 7) is 8.65. The van der Waals surface area contributed by atoms with Crippen molar-refractivity contribution in [2.24, 2.45) is 0 Å². The van der Waals surface area contributed by atoms with Gasteiger partial charge >= 0.3 is 0 Å². The standard InChI is InChI=1S/C60H48N4S/c1-5-17-44(6-2)63-52-27-15-14-25-47(52)48-31-29-42(35-53(48)63)43-30-32-49-51-33-28-40-19-11-13-24-46(40)58(51)64(54(49)36-43)60-61-38(4)56(57(62-60)41-20-8-7-9-21-41)59-37(3)34-55(65-59)50-26-16-22-39-18-10-12-23-45(39)50/h5-9,11-17,19-20,22-36,41H,10,18,21H2,1-4H3/b17-5-,44-6+. The monoisotopic (exact) mass is 856 g/mol. The van der Waals surface area contributed by atoms with E-state index in [1.807, 2.05) is 11.3 Å². The number of hydrogen-bond acceptors (Lipinski definition) is 3. The lowest BCUT2D eigenvalue weighted by Gasteiger charge is -2.20. The topological polar surface area (TPSA) is 35.6 Å². The number of aromatic nitrogens is 4. The van der Waals surface area contributed by atoms with Crippen LogP contribution in [0.3, 0.4) is 0 Å². The van der Waals surface area contributed by atoms with Gasteiger partial charge in [-0.25, -0.2) is 9.97 Å². The van der Waals surface area contributed by atoms with Gasteiger partial charge in [-0.1, -0.05) is 146 Å². The van der Waals surface area contributed by atoms with Gasteiger partial charge in [0, 0.05) is 53.9 Å². The molecule has 6 aromatic carbocycles. The van der Waals surface area contributed by atoms with E-state index in [0.29, 0.717) is 5.95 Å². The van der Waals surface area contributed by atoms with Crippen molar-refractivity contribution in [3.63, 3.8) is 0 Å². The second kappa shape index (κ2) is 15.7. The highest BCUT2D eigenvalue weighted by Crippen LogP contribution is 2.46. The molecule has 0 aliphatic heterocycles. The Balaban J connectivity index is 1.09. The van der Waals surface area contributed by atoms with E-state index in [-0.39, 0.29) is 5.92 Å². The molecule has 4 aromatic heterocycles. The SMILES string of the molecule is C/C=C\C(=C/C)n1c2ccccc2c2ccc(-c3ccc4c5ccc6ccccc6c5n(-c5nc(C)c(-c6sc(-c7cccc8c7C=CCC8)cc6C)c(C6C=CC=CC6)n5)c4c3)cc21. The summed E-state index contributed by atoms with van der Waals surface area (Å²) in [5.74, 6) is 0.811. The number of nitrogens with zero attached hydrogens (tertiary/aromatic N) is 4. The predicted octanol–water partition coefficient (Wildman–Crippen LogP) is 16.5. The zero-order valence-electron chi connectivity index (χ0n) is 37.1. The molecule has 2 aliphatic carbocycles. The van der Waals surface area contributed by atoms with Crippen LogP contribution in [0.1, 0.15) is 60.7 Å². The number of hydrogen-bond donors (Lipinski definition) is 0. The molecule has 0 bridgehead atoms. The molecule has 0 radical (unpaired) electrons. The maximum atomic E-state index is 5.75. The lowest BCUT2D eigenvalue weighted by Crippen LogP contribution is -2.11. The number of fused-ring (bicyclic) bond motifs is 9. The van der Waals surface area contributed by atoms with E-state index in [4.69, 9.17) is 9.97 Å². The molecule has 4 heterocycles. The molecule has 12 rings (SSSR count). The maximum Gasteiger partial charge on any atom is 0.235 e. The van der Waals surface area contributed by atoms with E-state index in [0.717, 1.165) is 64.1 Å². The Labute approximate surface area is 383 Å². The van der Waals surface area contributed by atoms with Crippen LogP contribution in [-0.4, -0.2) is 19.1 Å². The fourth-order valence-corrected chi connectivity index (χ4v) is 11.9. The Morgan fingerprint density at radius 3 is 2.29 bits per heavy atom. The van der Waals surface area contributed by atoms with E-state index >= 15 is 0 Å². The van der Waals surface area contributed by atoms with Crippen molar-refractivity contribution in [2.45, 2.75) is 52.9 Å². The molecule has 2 aliphatic rings. The molecule has 0 saturated carbocycles. The van der Waals surface area contributed by atoms with Crippen LogP contribution in [0, 0.1) is 13.8 Å². The molecular weight excluding hydrogens is 809 g/mol. The predicted molar refractivity (Wildman–Crippen MR) is 278 cm³/mol. The average molecular weight is 857 g/mol. The minimum Gasteiger partial charge on any atom is -0.310 e. The van der Waals surface area contributed by atoms with Gasteiger partial charge in [0.15, 0.2) is 0 Å². The Morgan fingerprint density at radius 1 is 0.708 bits per heavy atom. The van der Waals surface area contributed by atoms with E-state index < -0.39 is 0 Å². The second-order valence-corrected chi connectivity index (χ2v) is 18.6. The van der Waals surface area contributed by atoms with Crippen LogP contribution < -0.4 is 0 Å². The second-order valence-electron chi connectivity index (χ2n) is 17.5. The molecule has 1 atom stereocenters. The molecule has 65 heavy (non-hydrogen) atoms. The first-order valence-corrected chi connectivity index (χ1v) is 23.7. The third-order valence-electron chi connectivity index (χ3n) is 13.7. The van der Waals surface area contributed by atoms with Crippen LogP contribution in [-0.2, 0) is 6.42 Å². The van der Waals surface area contributed by atoms with Gasteiger partial charge in [0.1, 0.15) is 0 Å². The molecule has 5 heteroatoms. The fraction of sp³-hybridized carbons (Fsp3) is 0.133. The number of allylic oxidation sites excluding steroid dienone is 9. The van der Waals surface area contributed by atoms with Gasteiger partial charge in [-0.3, -0.25) is 4.57 Å². The summed E-state index contributed by atoms with van der Waals surface area (Å²) >= 11 is 1.88. The van der Waals surface area contributed by atoms with E-state index in [2.05, 4.69) is 213 Å². The highest BCUT2D eigenvalue weighted by Gasteiger charge is 2.27. The van der Waals surface area contributed by atoms with Crippen molar-refractivity contribution >= 4 is 77.5 Å². The van der Waals surface area contributed by atoms with Crippen molar-refractivity contribution in [1.82, 2.24) is 19.1 Å². The molecule has 0 N–H and O–H groups in total. The summed E-state index contributed by atoms with van der Waals surface area (Å²) < 4.78 is 4.75. The lowest BCUT2D eigenvalue weighted by molar-refractivity contribution is 0.794. The summed E-state index contributed by atoms with van der Waals surface area (Å²) in [7, 11) is 0. The fourth-order valence-electron chi connectivity index (χ4n) is 10.6. The van der Waals surface area contributed by atoms with Crippen molar-refractivity contribution in [1.29, 1.82) is 0 Å². The van der Waals surface area contributed by atoms with Crippen LogP contribution >= 0.6 is 11.3 Å². The molecule has 1 unspecified atom stereocenters. The van der Waals surface area contributed by atoms with E-state index in [1.54, 1.807) is 0 Å². The van der Waals surface area contributed by atoms with Gasteiger partial charge in [0.25, 0.3) is 0 Å². The number of thiophene rings is 1. The molecular formula is C60H48N4S. The molecule has 314 valence electrons. The number of rotatable bonds is 7. The maximum absolute atomic E-state index is 5.75. The number of aryl methyl sites for hydroxylation is 3. The summed E-state index contributed by atoms with van der Waals surface area (Å²) in [6.07, 6.45) is 23.1. The van der Waals surface area contributed by atoms with Gasteiger partial charge in [-0.15, -0.1) is 11.3 Å². The van der Waals surface area contributed by atoms with Crippen LogP contribution in [0.5, 0.6) is 0 Å². The quantitative estimate of drug-likeness (QED) is 0.150. The van der Waals surface area contributed by atoms with Crippen LogP contribution in [0.25, 0.3) is 104 Å². The Kier molecular flexibility index (Phi) is 9.50. The van der Waals surface area contributed by atoms with Crippen molar-refractivity contribution in [3.8, 4) is 38.0 Å². The van der Waals surface area contributed by atoms with E-state index in [1.165, 1.54) is 75.4 Å². The number of benzene rings is 6. The molecule has 0 spiro atoms. The molecule has 0 saturated heterocycles. The van der Waals surface area contributed by atoms with Crippen molar-refractivity contribution < 1.29 is 0 Å². The highest BCUT2D eigenvalue weighted by atomic mass is 32.1. The first kappa shape index (κ1) is 39.3. The highest BCUT2D eigenvalue weighted by molar-refractivity contribution is 7.19. The third kappa shape index (κ3) is 6.32. The van der Waals surface area contributed by atoms with Crippen molar-refractivity contribution in [3.05, 3.63) is 198 Å². The summed E-state index contributed by atoms with van der Waals surface area (Å²) in [6, 6.07) is 45.1. The Bertz CT molecular complexity index is 3750. The van der Waals surface area contributed by atoms with Gasteiger partial charge in [0.05, 0.1) is 33.5 Å². The third-order valence-corrected chi connectivity index (χ3v) is 14.9. The summed E-state index contributed by atoms with van der Waals surface area (Å²) in [5.41, 5.74) is 16.6. The normalized spacial score (nSPS) is 15.2. The smallest absolute Gasteiger partial charge is 0.235 e. The largest absolute Gasteiger partial charge is 0.310 e. The first-order chi connectivity index (χ1) is 32.0. The zero-order valence-corrected chi connectivity index (χ0v) is 38.0. The number of para-hydroxylation sites is 1. The molecule has 10 aromatic rings. The van der Waals surface area contributed by atoms with Gasteiger partial charge in [-0.05, 0) is 116 Å². The van der Waals surface area contributed by atoms with Crippen LogP contribution in [0.15, 0.2) is 170 Å².